The average molecular weight is 300 g/mol. The summed E-state index contributed by atoms with van der Waals surface area (Å²) in [7, 11) is -0.352. The highest BCUT2D eigenvalue weighted by Gasteiger charge is 2.30. The first-order valence-corrected chi connectivity index (χ1v) is 7.88. The molecule has 1 aromatic rings. The maximum atomic E-state index is 12.1. The van der Waals surface area contributed by atoms with E-state index in [1.807, 2.05) is 12.1 Å². The molecule has 2 rings (SSSR count). The van der Waals surface area contributed by atoms with Crippen LogP contribution in [0.2, 0.25) is 0 Å². The van der Waals surface area contributed by atoms with Gasteiger partial charge in [-0.25, -0.2) is 0 Å². The third-order valence-electron chi connectivity index (χ3n) is 3.38. The third kappa shape index (κ3) is 3.20. The molecule has 0 spiro atoms. The third-order valence-corrected chi connectivity index (χ3v) is 5.32. The molecule has 20 heavy (non-hydrogen) atoms. The molecule has 1 N–H and O–H groups in total. The van der Waals surface area contributed by atoms with Gasteiger partial charge in [0.05, 0.1) is 6.42 Å². The first-order chi connectivity index (χ1) is 9.41. The van der Waals surface area contributed by atoms with Crippen molar-refractivity contribution in [3.63, 3.8) is 0 Å². The van der Waals surface area contributed by atoms with Crippen LogP contribution in [-0.4, -0.2) is 73.1 Å². The Balaban J connectivity index is 1.90. The molecule has 1 saturated heterocycles. The second-order valence-corrected chi connectivity index (χ2v) is 7.08. The standard InChI is InChI=1S/C12H20N4O3S/c1-14(2)20(18,19)16-8-6-15(7-9-16)12(17)10-11-4-3-5-13-11/h3-5,13H,6-10H2,1-2H3. The zero-order valence-electron chi connectivity index (χ0n) is 11.7. The van der Waals surface area contributed by atoms with Crippen molar-refractivity contribution in [3.8, 4) is 0 Å². The molecule has 0 saturated carbocycles. The largest absolute Gasteiger partial charge is 0.365 e. The smallest absolute Gasteiger partial charge is 0.281 e. The van der Waals surface area contributed by atoms with Gasteiger partial charge in [0.25, 0.3) is 10.2 Å². The van der Waals surface area contributed by atoms with Gasteiger partial charge < -0.3 is 9.88 Å². The Labute approximate surface area is 119 Å². The van der Waals surface area contributed by atoms with Crippen molar-refractivity contribution < 1.29 is 13.2 Å². The Hall–Kier alpha value is -1.38. The minimum atomic E-state index is -3.38. The molecule has 1 aliphatic rings. The van der Waals surface area contributed by atoms with Crippen molar-refractivity contribution in [2.45, 2.75) is 6.42 Å². The fourth-order valence-electron chi connectivity index (χ4n) is 2.15. The number of hydrogen-bond acceptors (Lipinski definition) is 3. The summed E-state index contributed by atoms with van der Waals surface area (Å²) in [6.45, 7) is 1.56. The van der Waals surface area contributed by atoms with Crippen LogP contribution in [0.1, 0.15) is 5.69 Å². The molecule has 1 aliphatic heterocycles. The Morgan fingerprint density at radius 2 is 1.95 bits per heavy atom. The molecule has 0 aromatic carbocycles. The highest BCUT2D eigenvalue weighted by atomic mass is 32.2. The summed E-state index contributed by atoms with van der Waals surface area (Å²) in [6, 6.07) is 3.72. The fourth-order valence-corrected chi connectivity index (χ4v) is 3.24. The molecule has 0 atom stereocenters. The number of rotatable bonds is 4. The SMILES string of the molecule is CN(C)S(=O)(=O)N1CCN(C(=O)Cc2ccc[nH]2)CC1. The highest BCUT2D eigenvalue weighted by Crippen LogP contribution is 2.11. The molecule has 0 unspecified atom stereocenters. The lowest BCUT2D eigenvalue weighted by molar-refractivity contribution is -0.131. The Bertz CT molecular complexity index is 545. The van der Waals surface area contributed by atoms with E-state index < -0.39 is 10.2 Å². The molecule has 0 radical (unpaired) electrons. The normalized spacial score (nSPS) is 17.6. The zero-order valence-corrected chi connectivity index (χ0v) is 12.6. The number of aromatic amines is 1. The van der Waals surface area contributed by atoms with Crippen LogP contribution in [0, 0.1) is 0 Å². The number of nitrogens with zero attached hydrogens (tertiary/aromatic N) is 3. The predicted octanol–water partition coefficient (Wildman–Crippen LogP) is -0.492. The molecule has 1 fully saturated rings. The Kier molecular flexibility index (Phi) is 4.46. The van der Waals surface area contributed by atoms with E-state index in [-0.39, 0.29) is 5.91 Å². The average Bonchev–Trinajstić information content (AvgIpc) is 2.91. The summed E-state index contributed by atoms with van der Waals surface area (Å²) in [5, 5.41) is 0. The van der Waals surface area contributed by atoms with Gasteiger partial charge in [0.1, 0.15) is 0 Å². The topological polar surface area (TPSA) is 76.7 Å². The van der Waals surface area contributed by atoms with Crippen molar-refractivity contribution in [3.05, 3.63) is 24.0 Å². The van der Waals surface area contributed by atoms with E-state index >= 15 is 0 Å². The van der Waals surface area contributed by atoms with Crippen LogP contribution in [-0.2, 0) is 21.4 Å². The first kappa shape index (κ1) is 15.0. The van der Waals surface area contributed by atoms with Gasteiger partial charge in [-0.1, -0.05) is 0 Å². The molecule has 0 aliphatic carbocycles. The summed E-state index contributed by atoms with van der Waals surface area (Å²) < 4.78 is 26.5. The van der Waals surface area contributed by atoms with E-state index in [0.29, 0.717) is 32.6 Å². The van der Waals surface area contributed by atoms with Gasteiger partial charge in [0, 0.05) is 52.2 Å². The van der Waals surface area contributed by atoms with Crippen LogP contribution in [0.3, 0.4) is 0 Å². The zero-order chi connectivity index (χ0) is 14.8. The van der Waals surface area contributed by atoms with Crippen LogP contribution in [0.4, 0.5) is 0 Å². The van der Waals surface area contributed by atoms with Gasteiger partial charge >= 0.3 is 0 Å². The van der Waals surface area contributed by atoms with Crippen LogP contribution >= 0.6 is 0 Å². The molecule has 112 valence electrons. The fraction of sp³-hybridized carbons (Fsp3) is 0.583. The Morgan fingerprint density at radius 1 is 1.30 bits per heavy atom. The van der Waals surface area contributed by atoms with E-state index in [1.54, 1.807) is 11.1 Å². The van der Waals surface area contributed by atoms with Gasteiger partial charge in [-0.15, -0.1) is 0 Å². The van der Waals surface area contributed by atoms with Crippen LogP contribution < -0.4 is 0 Å². The quantitative estimate of drug-likeness (QED) is 0.815. The summed E-state index contributed by atoms with van der Waals surface area (Å²) in [6.07, 6.45) is 2.11. The second-order valence-electron chi connectivity index (χ2n) is 4.94. The maximum Gasteiger partial charge on any atom is 0.281 e. The number of aromatic nitrogens is 1. The molecule has 2 heterocycles. The molecule has 1 aromatic heterocycles. The Morgan fingerprint density at radius 3 is 2.45 bits per heavy atom. The maximum absolute atomic E-state index is 12.1. The molecular weight excluding hydrogens is 280 g/mol. The summed E-state index contributed by atoms with van der Waals surface area (Å²) in [4.78, 5) is 16.8. The lowest BCUT2D eigenvalue weighted by Crippen LogP contribution is -2.53. The molecule has 7 nitrogen and oxygen atoms in total. The number of nitrogens with one attached hydrogen (secondary N) is 1. The van der Waals surface area contributed by atoms with E-state index in [9.17, 15) is 13.2 Å². The molecular formula is C12H20N4O3S. The number of hydrogen-bond donors (Lipinski definition) is 1. The summed E-state index contributed by atoms with van der Waals surface area (Å²) in [5.74, 6) is 0.0225. The summed E-state index contributed by atoms with van der Waals surface area (Å²) in [5.41, 5.74) is 0.873. The van der Waals surface area contributed by atoms with Crippen molar-refractivity contribution in [2.24, 2.45) is 0 Å². The van der Waals surface area contributed by atoms with Gasteiger partial charge in [0.15, 0.2) is 0 Å². The number of piperazine rings is 1. The van der Waals surface area contributed by atoms with Gasteiger partial charge in [-0.05, 0) is 12.1 Å². The number of carbonyl (C=O) groups excluding carboxylic acids is 1. The number of amides is 1. The number of carbonyl (C=O) groups is 1. The van der Waals surface area contributed by atoms with E-state index in [0.717, 1.165) is 5.69 Å². The predicted molar refractivity (Wildman–Crippen MR) is 75.3 cm³/mol. The van der Waals surface area contributed by atoms with Gasteiger partial charge in [-0.2, -0.15) is 17.0 Å². The highest BCUT2D eigenvalue weighted by molar-refractivity contribution is 7.86. The van der Waals surface area contributed by atoms with Crippen molar-refractivity contribution in [1.82, 2.24) is 18.5 Å². The van der Waals surface area contributed by atoms with Crippen molar-refractivity contribution in [1.29, 1.82) is 0 Å². The van der Waals surface area contributed by atoms with Crippen molar-refractivity contribution >= 4 is 16.1 Å². The van der Waals surface area contributed by atoms with Crippen LogP contribution in [0.5, 0.6) is 0 Å². The first-order valence-electron chi connectivity index (χ1n) is 6.49. The molecule has 1 amide bonds. The minimum Gasteiger partial charge on any atom is -0.365 e. The van der Waals surface area contributed by atoms with E-state index in [2.05, 4.69) is 4.98 Å². The van der Waals surface area contributed by atoms with E-state index in [4.69, 9.17) is 0 Å². The monoisotopic (exact) mass is 300 g/mol. The van der Waals surface area contributed by atoms with Gasteiger partial charge in [-0.3, -0.25) is 4.79 Å². The minimum absolute atomic E-state index is 0.0225. The molecule has 0 bridgehead atoms. The number of H-pyrrole nitrogens is 1. The van der Waals surface area contributed by atoms with Crippen LogP contribution in [0.15, 0.2) is 18.3 Å². The van der Waals surface area contributed by atoms with Crippen LogP contribution in [0.25, 0.3) is 0 Å². The summed E-state index contributed by atoms with van der Waals surface area (Å²) >= 11 is 0. The van der Waals surface area contributed by atoms with Gasteiger partial charge in [0.2, 0.25) is 5.91 Å². The van der Waals surface area contributed by atoms with Crippen molar-refractivity contribution in [2.75, 3.05) is 40.3 Å². The molecule has 8 heteroatoms. The second kappa shape index (κ2) is 5.94. The lowest BCUT2D eigenvalue weighted by atomic mass is 10.2. The lowest BCUT2D eigenvalue weighted by Gasteiger charge is -2.35. The van der Waals surface area contributed by atoms with E-state index in [1.165, 1.54) is 22.7 Å².